The van der Waals surface area contributed by atoms with Gasteiger partial charge in [0.15, 0.2) is 0 Å². The van der Waals surface area contributed by atoms with Gasteiger partial charge in [0.25, 0.3) is 0 Å². The summed E-state index contributed by atoms with van der Waals surface area (Å²) in [4.78, 5) is 29.0. The summed E-state index contributed by atoms with van der Waals surface area (Å²) in [6, 6.07) is 7.52. The Hall–Kier alpha value is -2.04. The molecule has 0 spiro atoms. The van der Waals surface area contributed by atoms with Crippen LogP contribution in [-0.4, -0.2) is 43.0 Å². The molecule has 0 aromatic heterocycles. The zero-order valence-electron chi connectivity index (χ0n) is 15.4. The number of anilines is 1. The van der Waals surface area contributed by atoms with Crippen molar-refractivity contribution in [3.05, 3.63) is 24.3 Å². The fourth-order valence-corrected chi connectivity index (χ4v) is 4.11. The monoisotopic (exact) mass is 344 g/mol. The van der Waals surface area contributed by atoms with Gasteiger partial charge in [0.2, 0.25) is 11.8 Å². The predicted octanol–water partition coefficient (Wildman–Crippen LogP) is 2.94. The largest absolute Gasteiger partial charge is 0.494 e. The van der Waals surface area contributed by atoms with Crippen LogP contribution in [0.2, 0.25) is 0 Å². The maximum absolute atomic E-state index is 12.9. The number of carbonyl (C=O) groups excluding carboxylic acids is 2. The lowest BCUT2D eigenvalue weighted by Gasteiger charge is -2.36. The lowest BCUT2D eigenvalue weighted by molar-refractivity contribution is -0.138. The van der Waals surface area contributed by atoms with Gasteiger partial charge in [0.05, 0.1) is 12.5 Å². The first kappa shape index (κ1) is 17.8. The van der Waals surface area contributed by atoms with Crippen LogP contribution in [0, 0.1) is 17.8 Å². The van der Waals surface area contributed by atoms with E-state index in [1.807, 2.05) is 36.1 Å². The highest BCUT2D eigenvalue weighted by Crippen LogP contribution is 2.29. The molecule has 2 aliphatic heterocycles. The Balaban J connectivity index is 1.66. The molecule has 136 valence electrons. The Bertz CT molecular complexity index is 618. The topological polar surface area (TPSA) is 49.9 Å². The number of amides is 2. The van der Waals surface area contributed by atoms with Crippen molar-refractivity contribution in [1.29, 1.82) is 0 Å². The minimum atomic E-state index is -0.225. The number of ether oxygens (including phenoxy) is 1. The zero-order chi connectivity index (χ0) is 18.0. The van der Waals surface area contributed by atoms with Gasteiger partial charge in [0, 0.05) is 31.7 Å². The van der Waals surface area contributed by atoms with E-state index < -0.39 is 0 Å². The van der Waals surface area contributed by atoms with Gasteiger partial charge in [-0.05, 0) is 49.4 Å². The smallest absolute Gasteiger partial charge is 0.228 e. The van der Waals surface area contributed by atoms with Crippen molar-refractivity contribution in [3.8, 4) is 5.75 Å². The molecule has 5 heteroatoms. The Morgan fingerprint density at radius 1 is 1.12 bits per heavy atom. The molecule has 2 aliphatic rings. The molecule has 2 saturated heterocycles. The third-order valence-electron chi connectivity index (χ3n) is 5.11. The van der Waals surface area contributed by atoms with Crippen LogP contribution in [0.5, 0.6) is 5.75 Å². The molecule has 1 aromatic rings. The van der Waals surface area contributed by atoms with Crippen LogP contribution in [0.4, 0.5) is 5.69 Å². The van der Waals surface area contributed by atoms with E-state index in [9.17, 15) is 9.59 Å². The number of carbonyl (C=O) groups is 2. The van der Waals surface area contributed by atoms with E-state index in [1.165, 1.54) is 6.42 Å². The number of hydrogen-bond acceptors (Lipinski definition) is 3. The van der Waals surface area contributed by atoms with E-state index in [2.05, 4.69) is 13.8 Å². The van der Waals surface area contributed by atoms with Gasteiger partial charge in [-0.15, -0.1) is 0 Å². The lowest BCUT2D eigenvalue weighted by Crippen LogP contribution is -2.45. The number of rotatable bonds is 4. The Morgan fingerprint density at radius 3 is 2.36 bits per heavy atom. The maximum Gasteiger partial charge on any atom is 0.228 e. The van der Waals surface area contributed by atoms with E-state index in [1.54, 1.807) is 4.90 Å². The first-order chi connectivity index (χ1) is 12.0. The van der Waals surface area contributed by atoms with E-state index in [0.29, 0.717) is 31.4 Å². The third kappa shape index (κ3) is 3.97. The van der Waals surface area contributed by atoms with E-state index in [4.69, 9.17) is 4.74 Å². The second-order valence-electron chi connectivity index (χ2n) is 7.52. The minimum absolute atomic E-state index is 0.0283. The predicted molar refractivity (Wildman–Crippen MR) is 97.6 cm³/mol. The van der Waals surface area contributed by atoms with Gasteiger partial charge in [-0.25, -0.2) is 0 Å². The number of piperidine rings is 1. The first-order valence-corrected chi connectivity index (χ1v) is 9.30. The van der Waals surface area contributed by atoms with E-state index >= 15 is 0 Å². The van der Waals surface area contributed by atoms with Crippen LogP contribution in [0.15, 0.2) is 24.3 Å². The second-order valence-corrected chi connectivity index (χ2v) is 7.52. The van der Waals surface area contributed by atoms with Crippen LogP contribution >= 0.6 is 0 Å². The fourth-order valence-electron chi connectivity index (χ4n) is 4.11. The number of benzene rings is 1. The maximum atomic E-state index is 12.9. The normalized spacial score (nSPS) is 26.8. The van der Waals surface area contributed by atoms with Crippen LogP contribution in [0.1, 0.15) is 33.6 Å². The van der Waals surface area contributed by atoms with E-state index in [-0.39, 0.29) is 17.7 Å². The van der Waals surface area contributed by atoms with Gasteiger partial charge < -0.3 is 14.5 Å². The molecule has 2 fully saturated rings. The highest BCUT2D eigenvalue weighted by atomic mass is 16.5. The molecule has 0 unspecified atom stereocenters. The van der Waals surface area contributed by atoms with Crippen LogP contribution in [-0.2, 0) is 9.59 Å². The highest BCUT2D eigenvalue weighted by molar-refractivity contribution is 6.00. The molecule has 0 radical (unpaired) electrons. The quantitative estimate of drug-likeness (QED) is 0.844. The van der Waals surface area contributed by atoms with Crippen molar-refractivity contribution in [2.45, 2.75) is 33.6 Å². The molecule has 0 aliphatic carbocycles. The van der Waals surface area contributed by atoms with Gasteiger partial charge in [-0.3, -0.25) is 9.59 Å². The minimum Gasteiger partial charge on any atom is -0.494 e. The average molecular weight is 344 g/mol. The molecule has 25 heavy (non-hydrogen) atoms. The summed E-state index contributed by atoms with van der Waals surface area (Å²) in [5, 5.41) is 0. The molecule has 0 N–H and O–H groups in total. The van der Waals surface area contributed by atoms with Crippen LogP contribution in [0.25, 0.3) is 0 Å². The Morgan fingerprint density at radius 2 is 1.76 bits per heavy atom. The Labute approximate surface area is 149 Å². The van der Waals surface area contributed by atoms with Gasteiger partial charge in [-0.1, -0.05) is 13.8 Å². The standard InChI is InChI=1S/C20H28N2O3/c1-4-25-18-7-5-17(6-8-18)22-13-16(10-19(22)23)20(24)21-11-14(2)9-15(3)12-21/h5-8,14-16H,4,9-13H2,1-3H3/t14-,15-,16-/m1/s1. The van der Waals surface area contributed by atoms with Gasteiger partial charge in [0.1, 0.15) is 5.75 Å². The van der Waals surface area contributed by atoms with Crippen molar-refractivity contribution >= 4 is 17.5 Å². The summed E-state index contributed by atoms with van der Waals surface area (Å²) in [5.74, 6) is 1.80. The highest BCUT2D eigenvalue weighted by Gasteiger charge is 2.38. The molecular weight excluding hydrogens is 316 g/mol. The van der Waals surface area contributed by atoms with Gasteiger partial charge in [-0.2, -0.15) is 0 Å². The lowest BCUT2D eigenvalue weighted by atomic mass is 9.91. The van der Waals surface area contributed by atoms with Crippen molar-refractivity contribution < 1.29 is 14.3 Å². The van der Waals surface area contributed by atoms with Crippen LogP contribution in [0.3, 0.4) is 0 Å². The van der Waals surface area contributed by atoms with Crippen molar-refractivity contribution in [2.24, 2.45) is 17.8 Å². The Kier molecular flexibility index (Phi) is 5.30. The molecule has 0 bridgehead atoms. The van der Waals surface area contributed by atoms with Crippen molar-refractivity contribution in [1.82, 2.24) is 4.90 Å². The number of likely N-dealkylation sites (tertiary alicyclic amines) is 1. The molecule has 2 amide bonds. The summed E-state index contributed by atoms with van der Waals surface area (Å²) in [5.41, 5.74) is 0.837. The van der Waals surface area contributed by atoms with E-state index in [0.717, 1.165) is 24.5 Å². The number of nitrogens with zero attached hydrogens (tertiary/aromatic N) is 2. The molecule has 5 nitrogen and oxygen atoms in total. The molecule has 3 atom stereocenters. The molecule has 1 aromatic carbocycles. The fraction of sp³-hybridized carbons (Fsp3) is 0.600. The molecular formula is C20H28N2O3. The average Bonchev–Trinajstić information content (AvgIpc) is 2.96. The molecule has 0 saturated carbocycles. The summed E-state index contributed by atoms with van der Waals surface area (Å²) in [6.45, 7) is 9.06. The third-order valence-corrected chi connectivity index (χ3v) is 5.11. The summed E-state index contributed by atoms with van der Waals surface area (Å²) in [6.07, 6.45) is 1.48. The first-order valence-electron chi connectivity index (χ1n) is 9.30. The van der Waals surface area contributed by atoms with Crippen molar-refractivity contribution in [2.75, 3.05) is 31.1 Å². The van der Waals surface area contributed by atoms with Crippen LogP contribution < -0.4 is 9.64 Å². The van der Waals surface area contributed by atoms with Crippen molar-refractivity contribution in [3.63, 3.8) is 0 Å². The summed E-state index contributed by atoms with van der Waals surface area (Å²) >= 11 is 0. The zero-order valence-corrected chi connectivity index (χ0v) is 15.4. The molecule has 2 heterocycles. The SMILES string of the molecule is CCOc1ccc(N2C[C@H](C(=O)N3C[C@H](C)C[C@@H](C)C3)CC2=O)cc1. The second kappa shape index (κ2) is 7.46. The summed E-state index contributed by atoms with van der Waals surface area (Å²) in [7, 11) is 0. The van der Waals surface area contributed by atoms with Gasteiger partial charge >= 0.3 is 0 Å². The molecule has 3 rings (SSSR count). The number of hydrogen-bond donors (Lipinski definition) is 0. The summed E-state index contributed by atoms with van der Waals surface area (Å²) < 4.78 is 5.44.